The van der Waals surface area contributed by atoms with E-state index in [9.17, 15) is 10.2 Å². The Morgan fingerprint density at radius 1 is 0.810 bits per heavy atom. The lowest BCUT2D eigenvalue weighted by atomic mass is 9.95. The number of rotatable bonds is 2. The van der Waals surface area contributed by atoms with E-state index in [0.717, 1.165) is 33.9 Å². The monoisotopic (exact) mass is 278 g/mol. The normalized spacial score (nSPS) is 11.0. The standard InChI is InChI=1S/C19H18O2/c1-12-9-14(7-8-18(12)20)11-15-10-13(2)19(21)17-6-4-3-5-16(15)17/h3-10,20-21H,11H2,1-2H3. The summed E-state index contributed by atoms with van der Waals surface area (Å²) in [6, 6.07) is 15.6. The van der Waals surface area contributed by atoms with Crippen LogP contribution in [0.1, 0.15) is 22.3 Å². The minimum atomic E-state index is 0.325. The van der Waals surface area contributed by atoms with E-state index in [1.54, 1.807) is 6.07 Å². The highest BCUT2D eigenvalue weighted by Crippen LogP contribution is 2.32. The van der Waals surface area contributed by atoms with Gasteiger partial charge in [-0.2, -0.15) is 0 Å². The summed E-state index contributed by atoms with van der Waals surface area (Å²) in [4.78, 5) is 0. The van der Waals surface area contributed by atoms with Crippen LogP contribution in [0.3, 0.4) is 0 Å². The molecule has 2 N–H and O–H groups in total. The summed E-state index contributed by atoms with van der Waals surface area (Å²) in [5.41, 5.74) is 4.11. The van der Waals surface area contributed by atoms with Crippen LogP contribution in [0.25, 0.3) is 10.8 Å². The maximum atomic E-state index is 10.2. The van der Waals surface area contributed by atoms with Crippen LogP contribution < -0.4 is 0 Å². The van der Waals surface area contributed by atoms with E-state index in [1.807, 2.05) is 56.3 Å². The van der Waals surface area contributed by atoms with Crippen molar-refractivity contribution in [1.82, 2.24) is 0 Å². The molecule has 0 aliphatic heterocycles. The van der Waals surface area contributed by atoms with Gasteiger partial charge in [0.15, 0.2) is 0 Å². The highest BCUT2D eigenvalue weighted by atomic mass is 16.3. The number of hydrogen-bond acceptors (Lipinski definition) is 2. The van der Waals surface area contributed by atoms with Gasteiger partial charge in [-0.3, -0.25) is 0 Å². The van der Waals surface area contributed by atoms with Crippen molar-refractivity contribution in [2.45, 2.75) is 20.3 Å². The minimum absolute atomic E-state index is 0.325. The van der Waals surface area contributed by atoms with Crippen LogP contribution in [0.2, 0.25) is 0 Å². The minimum Gasteiger partial charge on any atom is -0.508 e. The molecule has 0 bridgehead atoms. The molecule has 0 unspecified atom stereocenters. The van der Waals surface area contributed by atoms with E-state index >= 15 is 0 Å². The van der Waals surface area contributed by atoms with Gasteiger partial charge >= 0.3 is 0 Å². The fourth-order valence-electron chi connectivity index (χ4n) is 2.78. The first-order valence-electron chi connectivity index (χ1n) is 7.05. The molecule has 0 aliphatic rings. The second-order valence-corrected chi connectivity index (χ2v) is 5.54. The average Bonchev–Trinajstić information content (AvgIpc) is 2.48. The first-order chi connectivity index (χ1) is 10.1. The fourth-order valence-corrected chi connectivity index (χ4v) is 2.78. The zero-order valence-electron chi connectivity index (χ0n) is 12.2. The lowest BCUT2D eigenvalue weighted by Gasteiger charge is -2.12. The summed E-state index contributed by atoms with van der Waals surface area (Å²) >= 11 is 0. The Labute approximate surface area is 124 Å². The van der Waals surface area contributed by atoms with Crippen molar-refractivity contribution in [3.8, 4) is 11.5 Å². The second kappa shape index (κ2) is 5.13. The zero-order valence-corrected chi connectivity index (χ0v) is 12.2. The van der Waals surface area contributed by atoms with Gasteiger partial charge in [-0.25, -0.2) is 0 Å². The van der Waals surface area contributed by atoms with Gasteiger partial charge in [0.2, 0.25) is 0 Å². The van der Waals surface area contributed by atoms with Crippen LogP contribution in [0.4, 0.5) is 0 Å². The summed E-state index contributed by atoms with van der Waals surface area (Å²) in [5, 5.41) is 21.8. The Kier molecular flexibility index (Phi) is 3.30. The van der Waals surface area contributed by atoms with Gasteiger partial charge in [-0.15, -0.1) is 0 Å². The second-order valence-electron chi connectivity index (χ2n) is 5.54. The Balaban J connectivity index is 2.12. The quantitative estimate of drug-likeness (QED) is 0.726. The number of hydrogen-bond donors (Lipinski definition) is 2. The molecule has 0 radical (unpaired) electrons. The van der Waals surface area contributed by atoms with Crippen molar-refractivity contribution in [3.05, 3.63) is 70.8 Å². The third-order valence-electron chi connectivity index (χ3n) is 3.95. The average molecular weight is 278 g/mol. The number of aryl methyl sites for hydroxylation is 2. The third kappa shape index (κ3) is 2.45. The van der Waals surface area contributed by atoms with E-state index in [1.165, 1.54) is 5.56 Å². The van der Waals surface area contributed by atoms with Crippen molar-refractivity contribution in [3.63, 3.8) is 0 Å². The van der Waals surface area contributed by atoms with E-state index in [0.29, 0.717) is 11.5 Å². The van der Waals surface area contributed by atoms with Crippen molar-refractivity contribution in [2.24, 2.45) is 0 Å². The van der Waals surface area contributed by atoms with E-state index in [4.69, 9.17) is 0 Å². The molecule has 0 saturated carbocycles. The Bertz CT molecular complexity index is 819. The largest absolute Gasteiger partial charge is 0.508 e. The van der Waals surface area contributed by atoms with Crippen molar-refractivity contribution >= 4 is 10.8 Å². The zero-order chi connectivity index (χ0) is 15.0. The van der Waals surface area contributed by atoms with Crippen molar-refractivity contribution in [1.29, 1.82) is 0 Å². The van der Waals surface area contributed by atoms with Crippen LogP contribution in [0, 0.1) is 13.8 Å². The molecule has 2 nitrogen and oxygen atoms in total. The Morgan fingerprint density at radius 2 is 1.52 bits per heavy atom. The molecule has 0 heterocycles. The van der Waals surface area contributed by atoms with E-state index in [-0.39, 0.29) is 0 Å². The topological polar surface area (TPSA) is 40.5 Å². The molecular weight excluding hydrogens is 260 g/mol. The van der Waals surface area contributed by atoms with Gasteiger partial charge in [0.1, 0.15) is 11.5 Å². The summed E-state index contributed by atoms with van der Waals surface area (Å²) in [5.74, 6) is 0.682. The molecule has 2 heteroatoms. The van der Waals surface area contributed by atoms with Crippen LogP contribution in [-0.2, 0) is 6.42 Å². The lowest BCUT2D eigenvalue weighted by molar-refractivity contribution is 0.471. The molecule has 0 fully saturated rings. The summed E-state index contributed by atoms with van der Waals surface area (Å²) in [6.45, 7) is 3.83. The van der Waals surface area contributed by atoms with Crippen LogP contribution in [-0.4, -0.2) is 10.2 Å². The predicted molar refractivity (Wildman–Crippen MR) is 86.0 cm³/mol. The number of benzene rings is 3. The Hall–Kier alpha value is -2.48. The number of aromatic hydroxyl groups is 2. The number of fused-ring (bicyclic) bond motifs is 1. The van der Waals surface area contributed by atoms with Gasteiger partial charge in [0, 0.05) is 5.39 Å². The first kappa shape index (κ1) is 13.5. The van der Waals surface area contributed by atoms with Gasteiger partial charge in [-0.05, 0) is 54.0 Å². The molecule has 0 spiro atoms. The highest BCUT2D eigenvalue weighted by molar-refractivity contribution is 5.92. The number of phenols is 2. The molecule has 0 saturated heterocycles. The summed E-state index contributed by atoms with van der Waals surface area (Å²) in [7, 11) is 0. The number of phenolic OH excluding ortho intramolecular Hbond substituents is 2. The van der Waals surface area contributed by atoms with Crippen LogP contribution >= 0.6 is 0 Å². The lowest BCUT2D eigenvalue weighted by Crippen LogP contribution is -1.93. The first-order valence-corrected chi connectivity index (χ1v) is 7.05. The highest BCUT2D eigenvalue weighted by Gasteiger charge is 2.09. The molecule has 0 atom stereocenters. The molecule has 21 heavy (non-hydrogen) atoms. The molecule has 0 aliphatic carbocycles. The van der Waals surface area contributed by atoms with Gasteiger partial charge < -0.3 is 10.2 Å². The van der Waals surface area contributed by atoms with Crippen molar-refractivity contribution in [2.75, 3.05) is 0 Å². The molecule has 3 rings (SSSR count). The Morgan fingerprint density at radius 3 is 2.24 bits per heavy atom. The van der Waals surface area contributed by atoms with Crippen LogP contribution in [0.15, 0.2) is 48.5 Å². The predicted octanol–water partition coefficient (Wildman–Crippen LogP) is 4.46. The molecule has 0 aromatic heterocycles. The van der Waals surface area contributed by atoms with Gasteiger partial charge in [0.05, 0.1) is 0 Å². The van der Waals surface area contributed by atoms with E-state index in [2.05, 4.69) is 0 Å². The molecule has 0 amide bonds. The molecule has 3 aromatic carbocycles. The van der Waals surface area contributed by atoms with Crippen molar-refractivity contribution < 1.29 is 10.2 Å². The smallest absolute Gasteiger partial charge is 0.126 e. The summed E-state index contributed by atoms with van der Waals surface area (Å²) in [6.07, 6.45) is 0.781. The van der Waals surface area contributed by atoms with Crippen LogP contribution in [0.5, 0.6) is 11.5 Å². The maximum absolute atomic E-state index is 10.2. The van der Waals surface area contributed by atoms with Gasteiger partial charge in [0.25, 0.3) is 0 Å². The molecular formula is C19H18O2. The molecule has 106 valence electrons. The fraction of sp³-hybridized carbons (Fsp3) is 0.158. The van der Waals surface area contributed by atoms with E-state index < -0.39 is 0 Å². The SMILES string of the molecule is Cc1cc(Cc2cc(C)c(O)c3ccccc23)ccc1O. The third-order valence-corrected chi connectivity index (χ3v) is 3.95. The van der Waals surface area contributed by atoms with Gasteiger partial charge in [-0.1, -0.05) is 42.5 Å². The molecule has 3 aromatic rings. The summed E-state index contributed by atoms with van der Waals surface area (Å²) < 4.78 is 0. The maximum Gasteiger partial charge on any atom is 0.126 e.